The van der Waals surface area contributed by atoms with Crippen molar-refractivity contribution in [1.29, 1.82) is 0 Å². The molecule has 1 saturated heterocycles. The molecular formula is C26H31F3IN3O3. The Kier molecular flexibility index (Phi) is 7.89. The van der Waals surface area contributed by atoms with E-state index in [9.17, 15) is 28.2 Å². The fourth-order valence-corrected chi connectivity index (χ4v) is 5.53. The number of amides is 1. The molecule has 1 saturated carbocycles. The number of halogens is 4. The molecule has 1 amide bonds. The number of β-amino-alcohol motifs (C(OH)–C–C–N with tert-alkyl or cyclic N) is 1. The van der Waals surface area contributed by atoms with Crippen LogP contribution in [0.1, 0.15) is 56.3 Å². The third-order valence-electron chi connectivity index (χ3n) is 7.68. The molecule has 196 valence electrons. The minimum Gasteiger partial charge on any atom is -0.392 e. The SMILES string of the molecule is CCC(C)(NC1CCCCC1O)C1(O)CN(C(=O)c2ccc(F)c(F)c2Nc2ccc(I)cc2F)C1. The van der Waals surface area contributed by atoms with E-state index in [2.05, 4.69) is 10.6 Å². The van der Waals surface area contributed by atoms with Crippen LogP contribution in [-0.4, -0.2) is 57.4 Å². The minimum atomic E-state index is -1.29. The van der Waals surface area contributed by atoms with E-state index in [-0.39, 0.29) is 30.4 Å². The van der Waals surface area contributed by atoms with Crippen molar-refractivity contribution < 1.29 is 28.2 Å². The van der Waals surface area contributed by atoms with Crippen LogP contribution in [0.15, 0.2) is 30.3 Å². The molecule has 0 bridgehead atoms. The average Bonchev–Trinajstić information content (AvgIpc) is 2.82. The van der Waals surface area contributed by atoms with Crippen LogP contribution < -0.4 is 10.6 Å². The summed E-state index contributed by atoms with van der Waals surface area (Å²) in [5.41, 5.74) is -2.77. The van der Waals surface area contributed by atoms with E-state index >= 15 is 0 Å². The van der Waals surface area contributed by atoms with Crippen molar-refractivity contribution in [2.45, 2.75) is 69.2 Å². The first-order valence-electron chi connectivity index (χ1n) is 12.2. The lowest BCUT2D eigenvalue weighted by molar-refractivity contribution is -0.143. The molecule has 10 heteroatoms. The topological polar surface area (TPSA) is 84.8 Å². The maximum Gasteiger partial charge on any atom is 0.256 e. The lowest BCUT2D eigenvalue weighted by Crippen LogP contribution is -2.78. The summed E-state index contributed by atoms with van der Waals surface area (Å²) in [6.07, 6.45) is 3.51. The predicted molar refractivity (Wildman–Crippen MR) is 140 cm³/mol. The Bertz CT molecular complexity index is 1140. The number of anilines is 2. The first-order valence-corrected chi connectivity index (χ1v) is 13.2. The first kappa shape index (κ1) is 27.2. The quantitative estimate of drug-likeness (QED) is 0.339. The van der Waals surface area contributed by atoms with Gasteiger partial charge in [-0.05, 0) is 79.1 Å². The molecular weight excluding hydrogens is 586 g/mol. The highest BCUT2D eigenvalue weighted by Crippen LogP contribution is 2.38. The van der Waals surface area contributed by atoms with Gasteiger partial charge in [-0.2, -0.15) is 0 Å². The smallest absolute Gasteiger partial charge is 0.256 e. The van der Waals surface area contributed by atoms with Gasteiger partial charge in [0.15, 0.2) is 11.6 Å². The molecule has 2 aliphatic rings. The molecule has 0 aromatic heterocycles. The summed E-state index contributed by atoms with van der Waals surface area (Å²) in [4.78, 5) is 14.7. The molecule has 2 fully saturated rings. The number of benzene rings is 2. The number of hydrogen-bond acceptors (Lipinski definition) is 5. The molecule has 1 heterocycles. The van der Waals surface area contributed by atoms with Gasteiger partial charge in [0, 0.05) is 15.2 Å². The Morgan fingerprint density at radius 2 is 1.86 bits per heavy atom. The van der Waals surface area contributed by atoms with Crippen LogP contribution in [0.3, 0.4) is 0 Å². The Balaban J connectivity index is 1.54. The van der Waals surface area contributed by atoms with E-state index < -0.39 is 46.3 Å². The highest BCUT2D eigenvalue weighted by atomic mass is 127. The molecule has 3 unspecified atom stereocenters. The van der Waals surface area contributed by atoms with Gasteiger partial charge >= 0.3 is 0 Å². The Morgan fingerprint density at radius 3 is 2.50 bits per heavy atom. The monoisotopic (exact) mass is 617 g/mol. The number of carbonyl (C=O) groups excluding carboxylic acids is 1. The fourth-order valence-electron chi connectivity index (χ4n) is 5.08. The van der Waals surface area contributed by atoms with Gasteiger partial charge in [-0.15, -0.1) is 0 Å². The van der Waals surface area contributed by atoms with E-state index in [0.29, 0.717) is 16.4 Å². The Hall–Kier alpha value is -1.89. The van der Waals surface area contributed by atoms with E-state index in [4.69, 9.17) is 0 Å². The summed E-state index contributed by atoms with van der Waals surface area (Å²) in [6, 6.07) is 6.08. The zero-order valence-corrected chi connectivity index (χ0v) is 22.4. The summed E-state index contributed by atoms with van der Waals surface area (Å²) in [6.45, 7) is 3.75. The van der Waals surface area contributed by atoms with Crippen LogP contribution in [-0.2, 0) is 0 Å². The molecule has 1 aliphatic carbocycles. The second-order valence-electron chi connectivity index (χ2n) is 10.0. The summed E-state index contributed by atoms with van der Waals surface area (Å²) in [5.74, 6) is -3.74. The number of nitrogens with one attached hydrogen (secondary N) is 2. The lowest BCUT2D eigenvalue weighted by atomic mass is 9.72. The number of aliphatic hydroxyl groups excluding tert-OH is 1. The first-order chi connectivity index (χ1) is 17.0. The number of aliphatic hydroxyl groups is 2. The van der Waals surface area contributed by atoms with Crippen LogP contribution in [0, 0.1) is 21.0 Å². The van der Waals surface area contributed by atoms with E-state index in [0.717, 1.165) is 31.4 Å². The van der Waals surface area contributed by atoms with Crippen LogP contribution in [0.25, 0.3) is 0 Å². The maximum atomic E-state index is 14.8. The van der Waals surface area contributed by atoms with Gasteiger partial charge in [-0.25, -0.2) is 13.2 Å². The van der Waals surface area contributed by atoms with Crippen LogP contribution in [0.5, 0.6) is 0 Å². The minimum absolute atomic E-state index is 0.0255. The molecule has 6 nitrogen and oxygen atoms in total. The van der Waals surface area contributed by atoms with Crippen LogP contribution in [0.4, 0.5) is 24.5 Å². The van der Waals surface area contributed by atoms with Crippen LogP contribution >= 0.6 is 22.6 Å². The second-order valence-corrected chi connectivity index (χ2v) is 11.3. The number of carbonyl (C=O) groups is 1. The molecule has 0 radical (unpaired) electrons. The third-order valence-corrected chi connectivity index (χ3v) is 8.35. The van der Waals surface area contributed by atoms with Gasteiger partial charge in [0.05, 0.1) is 36.1 Å². The second kappa shape index (κ2) is 10.5. The standard InChI is InChI=1S/C26H31F3IN3O3/c1-3-25(2,32-20-6-4-5-7-21(20)34)26(36)13-33(14-26)24(35)16-9-10-17(27)22(29)23(16)31-19-11-8-15(30)12-18(19)28/h8-12,20-21,31-32,34,36H,3-7,13-14H2,1-2H3. The maximum absolute atomic E-state index is 14.8. The van der Waals surface area contributed by atoms with E-state index in [1.807, 2.05) is 36.4 Å². The largest absolute Gasteiger partial charge is 0.392 e. The molecule has 0 spiro atoms. The van der Waals surface area contributed by atoms with Gasteiger partial charge in [0.2, 0.25) is 0 Å². The normalized spacial score (nSPS) is 23.1. The van der Waals surface area contributed by atoms with Gasteiger partial charge in [-0.1, -0.05) is 19.8 Å². The predicted octanol–water partition coefficient (Wildman–Crippen LogP) is 4.70. The zero-order chi connectivity index (χ0) is 26.3. The number of likely N-dealkylation sites (tertiary alicyclic amines) is 1. The van der Waals surface area contributed by atoms with Crippen LogP contribution in [0.2, 0.25) is 0 Å². The van der Waals surface area contributed by atoms with Gasteiger partial charge in [0.25, 0.3) is 5.91 Å². The molecule has 2 aromatic rings. The van der Waals surface area contributed by atoms with Crippen molar-refractivity contribution in [3.05, 3.63) is 56.9 Å². The number of hydrogen-bond donors (Lipinski definition) is 4. The van der Waals surface area contributed by atoms with Crippen molar-refractivity contribution in [2.75, 3.05) is 18.4 Å². The summed E-state index contributed by atoms with van der Waals surface area (Å²) in [5, 5.41) is 27.8. The molecule has 4 N–H and O–H groups in total. The summed E-state index contributed by atoms with van der Waals surface area (Å²) >= 11 is 1.93. The Morgan fingerprint density at radius 1 is 1.17 bits per heavy atom. The van der Waals surface area contributed by atoms with Crippen molar-refractivity contribution >= 4 is 39.9 Å². The molecule has 2 aromatic carbocycles. The fraction of sp³-hybridized carbons (Fsp3) is 0.500. The molecule has 1 aliphatic heterocycles. The van der Waals surface area contributed by atoms with E-state index in [1.165, 1.54) is 17.0 Å². The average molecular weight is 617 g/mol. The van der Waals surface area contributed by atoms with Crippen molar-refractivity contribution in [3.63, 3.8) is 0 Å². The van der Waals surface area contributed by atoms with Crippen molar-refractivity contribution in [2.24, 2.45) is 0 Å². The van der Waals surface area contributed by atoms with Gasteiger partial charge in [-0.3, -0.25) is 4.79 Å². The van der Waals surface area contributed by atoms with Gasteiger partial charge < -0.3 is 25.7 Å². The van der Waals surface area contributed by atoms with Crippen molar-refractivity contribution in [1.82, 2.24) is 10.2 Å². The molecule has 36 heavy (non-hydrogen) atoms. The van der Waals surface area contributed by atoms with Gasteiger partial charge in [0.1, 0.15) is 11.4 Å². The Labute approximate surface area is 222 Å². The highest BCUT2D eigenvalue weighted by molar-refractivity contribution is 14.1. The number of nitrogens with zero attached hydrogens (tertiary/aromatic N) is 1. The zero-order valence-electron chi connectivity index (χ0n) is 20.3. The third kappa shape index (κ3) is 5.09. The van der Waals surface area contributed by atoms with E-state index in [1.54, 1.807) is 6.07 Å². The highest BCUT2D eigenvalue weighted by Gasteiger charge is 2.56. The molecule has 3 atom stereocenters. The molecule has 4 rings (SSSR count). The number of rotatable bonds is 7. The lowest BCUT2D eigenvalue weighted by Gasteiger charge is -2.57. The summed E-state index contributed by atoms with van der Waals surface area (Å²) < 4.78 is 43.9. The van der Waals surface area contributed by atoms with Crippen molar-refractivity contribution in [3.8, 4) is 0 Å². The summed E-state index contributed by atoms with van der Waals surface area (Å²) in [7, 11) is 0.